The Morgan fingerprint density at radius 3 is 2.67 bits per heavy atom. The van der Waals surface area contributed by atoms with Gasteiger partial charge in [-0.25, -0.2) is 0 Å². The molecule has 0 radical (unpaired) electrons. The Kier molecular flexibility index (Phi) is 5.74. The molecular weight excluding hydrogens is 615 g/mol. The molecule has 1 heterocycles. The van der Waals surface area contributed by atoms with E-state index in [1.807, 2.05) is 6.07 Å². The molecule has 1 amide bonds. The molecule has 0 spiro atoms. The molecule has 2 atom stereocenters. The number of rotatable bonds is 3. The van der Waals surface area contributed by atoms with Crippen LogP contribution in [0, 0.1) is 16.1 Å². The third-order valence-electron chi connectivity index (χ3n) is 3.49. The molecule has 0 bridgehead atoms. The Morgan fingerprint density at radius 2 is 2.05 bits per heavy atom. The van der Waals surface area contributed by atoms with Crippen LogP contribution in [0.15, 0.2) is 12.1 Å². The predicted molar refractivity (Wildman–Crippen MR) is 102 cm³/mol. The average molecular weight is 627 g/mol. The largest absolute Gasteiger partial charge is 0.481 e. The second kappa shape index (κ2) is 6.83. The van der Waals surface area contributed by atoms with E-state index in [9.17, 15) is 14.7 Å². The van der Waals surface area contributed by atoms with Crippen LogP contribution in [0.1, 0.15) is 17.3 Å². The smallest absolute Gasteiger partial charge is 0.313 e. The number of carboxylic acids is 1. The highest BCUT2D eigenvalue weighted by atomic mass is 127. The zero-order valence-corrected chi connectivity index (χ0v) is 17.4. The van der Waals surface area contributed by atoms with Crippen LogP contribution in [-0.4, -0.2) is 36.2 Å². The van der Waals surface area contributed by atoms with Crippen LogP contribution in [0.3, 0.4) is 0 Å². The number of carboxylic acid groups (broad SMARTS) is 1. The van der Waals surface area contributed by atoms with Gasteiger partial charge >= 0.3 is 5.97 Å². The van der Waals surface area contributed by atoms with Gasteiger partial charge < -0.3 is 15.2 Å². The quantitative estimate of drug-likeness (QED) is 0.400. The van der Waals surface area contributed by atoms with Gasteiger partial charge in [-0.15, -0.1) is 0 Å². The van der Waals surface area contributed by atoms with Crippen molar-refractivity contribution in [2.45, 2.75) is 13.0 Å². The number of nitrogens with one attached hydrogen (secondary N) is 1. The lowest BCUT2D eigenvalue weighted by molar-refractivity contribution is -0.148. The normalized spacial score (nSPS) is 24.9. The Hall–Kier alpha value is 0.310. The van der Waals surface area contributed by atoms with Crippen LogP contribution in [0.4, 0.5) is 0 Å². The zero-order chi connectivity index (χ0) is 15.8. The van der Waals surface area contributed by atoms with E-state index in [4.69, 9.17) is 4.74 Å². The molecule has 1 saturated heterocycles. The minimum Gasteiger partial charge on any atom is -0.481 e. The number of halogens is 3. The molecule has 1 aromatic rings. The lowest BCUT2D eigenvalue weighted by atomic mass is 9.85. The van der Waals surface area contributed by atoms with E-state index >= 15 is 0 Å². The summed E-state index contributed by atoms with van der Waals surface area (Å²) in [6.45, 7) is 1.91. The van der Waals surface area contributed by atoms with Crippen LogP contribution in [-0.2, 0) is 9.53 Å². The Balaban J connectivity index is 2.25. The average Bonchev–Trinajstić information content (AvgIpc) is 2.76. The minimum atomic E-state index is -1.09. The predicted octanol–water partition coefficient (Wildman–Crippen LogP) is 2.72. The molecule has 1 aliphatic heterocycles. The summed E-state index contributed by atoms with van der Waals surface area (Å²) in [5, 5.41) is 12.1. The van der Waals surface area contributed by atoms with Crippen LogP contribution in [0.2, 0.25) is 0 Å². The maximum atomic E-state index is 12.5. The fourth-order valence-electron chi connectivity index (χ4n) is 2.04. The third-order valence-corrected chi connectivity index (χ3v) is 7.15. The molecule has 0 aliphatic carbocycles. The van der Waals surface area contributed by atoms with E-state index in [1.54, 1.807) is 13.0 Å². The van der Waals surface area contributed by atoms with Gasteiger partial charge in [-0.2, -0.15) is 0 Å². The van der Waals surface area contributed by atoms with Gasteiger partial charge in [-0.1, -0.05) is 0 Å². The maximum Gasteiger partial charge on any atom is 0.313 e. The minimum absolute atomic E-state index is 0.105. The van der Waals surface area contributed by atoms with E-state index in [-0.39, 0.29) is 19.1 Å². The number of carbonyl (C=O) groups excluding carboxylic acids is 1. The van der Waals surface area contributed by atoms with Crippen molar-refractivity contribution < 1.29 is 19.4 Å². The van der Waals surface area contributed by atoms with Crippen molar-refractivity contribution in [2.24, 2.45) is 5.41 Å². The monoisotopic (exact) mass is 627 g/mol. The number of ether oxygens (including phenoxy) is 1. The zero-order valence-electron chi connectivity index (χ0n) is 11.0. The number of aliphatic carboxylic acids is 1. The van der Waals surface area contributed by atoms with Crippen molar-refractivity contribution in [1.82, 2.24) is 5.32 Å². The summed E-state index contributed by atoms with van der Waals surface area (Å²) in [5.41, 5.74) is -0.526. The van der Waals surface area contributed by atoms with Gasteiger partial charge in [-0.3, -0.25) is 9.59 Å². The molecule has 0 aromatic heterocycles. The van der Waals surface area contributed by atoms with Gasteiger partial charge in [0.05, 0.1) is 24.8 Å². The van der Waals surface area contributed by atoms with Crippen molar-refractivity contribution in [3.8, 4) is 0 Å². The third kappa shape index (κ3) is 3.63. The first-order chi connectivity index (χ1) is 9.75. The highest BCUT2D eigenvalue weighted by molar-refractivity contribution is 14.1. The topological polar surface area (TPSA) is 75.6 Å². The highest BCUT2D eigenvalue weighted by Crippen LogP contribution is 2.29. The van der Waals surface area contributed by atoms with E-state index in [1.165, 1.54) is 0 Å². The van der Waals surface area contributed by atoms with E-state index < -0.39 is 17.4 Å². The van der Waals surface area contributed by atoms with Crippen LogP contribution < -0.4 is 5.32 Å². The number of amides is 1. The lowest BCUT2D eigenvalue weighted by Crippen LogP contribution is -2.49. The first-order valence-electron chi connectivity index (χ1n) is 6.02. The van der Waals surface area contributed by atoms with Gasteiger partial charge in [0, 0.05) is 10.7 Å². The Labute approximate surface area is 163 Å². The fraction of sp³-hybridized carbons (Fsp3) is 0.385. The van der Waals surface area contributed by atoms with Crippen LogP contribution in [0.5, 0.6) is 0 Å². The van der Waals surface area contributed by atoms with Gasteiger partial charge in [0.2, 0.25) is 0 Å². The molecule has 1 fully saturated rings. The standard InChI is InChI=1S/C13H12I3NO4/c1-13(12(19)20)5-21-4-9(13)17-11(18)7-2-6(14)3-8(15)10(7)16/h2-3,9H,4-5H2,1H3,(H,17,18)(H,19,20). The second-order valence-electron chi connectivity index (χ2n) is 5.01. The summed E-state index contributed by atoms with van der Waals surface area (Å²) in [7, 11) is 0. The molecule has 8 heteroatoms. The van der Waals surface area contributed by atoms with Crippen molar-refractivity contribution >= 4 is 79.6 Å². The second-order valence-corrected chi connectivity index (χ2v) is 8.50. The summed E-state index contributed by atoms with van der Waals surface area (Å²) in [6, 6.07) is 3.25. The Bertz CT molecular complexity index is 607. The summed E-state index contributed by atoms with van der Waals surface area (Å²) in [5.74, 6) is -1.23. The van der Waals surface area contributed by atoms with Gasteiger partial charge in [-0.05, 0) is 86.8 Å². The first-order valence-corrected chi connectivity index (χ1v) is 9.26. The van der Waals surface area contributed by atoms with Crippen molar-refractivity contribution in [1.29, 1.82) is 0 Å². The summed E-state index contributed by atoms with van der Waals surface area (Å²) in [6.07, 6.45) is 0. The molecule has 114 valence electrons. The molecule has 21 heavy (non-hydrogen) atoms. The fourth-order valence-corrected chi connectivity index (χ4v) is 4.44. The number of hydrogen-bond acceptors (Lipinski definition) is 3. The van der Waals surface area contributed by atoms with E-state index in [0.29, 0.717) is 5.56 Å². The molecule has 2 N–H and O–H groups in total. The van der Waals surface area contributed by atoms with Crippen molar-refractivity contribution in [3.63, 3.8) is 0 Å². The summed E-state index contributed by atoms with van der Waals surface area (Å²) >= 11 is 6.46. The van der Waals surface area contributed by atoms with E-state index in [0.717, 1.165) is 10.7 Å². The summed E-state index contributed by atoms with van der Waals surface area (Å²) < 4.78 is 8.07. The molecule has 1 aromatic carbocycles. The molecule has 2 unspecified atom stereocenters. The molecule has 2 rings (SSSR count). The molecule has 1 aliphatic rings. The first kappa shape index (κ1) is 17.7. The van der Waals surface area contributed by atoms with Crippen LogP contribution in [0.25, 0.3) is 0 Å². The number of benzene rings is 1. The van der Waals surface area contributed by atoms with Gasteiger partial charge in [0.15, 0.2) is 0 Å². The van der Waals surface area contributed by atoms with Gasteiger partial charge in [0.1, 0.15) is 5.41 Å². The molecule has 5 nitrogen and oxygen atoms in total. The highest BCUT2D eigenvalue weighted by Gasteiger charge is 2.47. The molecule has 0 saturated carbocycles. The van der Waals surface area contributed by atoms with Crippen molar-refractivity contribution in [3.05, 3.63) is 28.4 Å². The number of hydrogen-bond donors (Lipinski definition) is 2. The van der Waals surface area contributed by atoms with Crippen LogP contribution >= 0.6 is 67.8 Å². The Morgan fingerprint density at radius 1 is 1.38 bits per heavy atom. The maximum absolute atomic E-state index is 12.5. The SMILES string of the molecule is CC1(C(=O)O)COCC1NC(=O)c1cc(I)cc(I)c1I. The van der Waals surface area contributed by atoms with Crippen molar-refractivity contribution in [2.75, 3.05) is 13.2 Å². The van der Waals surface area contributed by atoms with E-state index in [2.05, 4.69) is 73.1 Å². The lowest BCUT2D eigenvalue weighted by Gasteiger charge is -2.25. The molecular formula is C13H12I3NO4. The number of carbonyl (C=O) groups is 2. The van der Waals surface area contributed by atoms with Gasteiger partial charge in [0.25, 0.3) is 5.91 Å². The summed E-state index contributed by atoms with van der Waals surface area (Å²) in [4.78, 5) is 23.9.